The quantitative estimate of drug-likeness (QED) is 0.801. The maximum Gasteiger partial charge on any atom is 0.240 e. The summed E-state index contributed by atoms with van der Waals surface area (Å²) in [7, 11) is 0. The third-order valence-electron chi connectivity index (χ3n) is 3.49. The van der Waals surface area contributed by atoms with Gasteiger partial charge in [0.05, 0.1) is 12.1 Å². The maximum absolute atomic E-state index is 9.93. The van der Waals surface area contributed by atoms with Crippen LogP contribution in [-0.4, -0.2) is 38.8 Å². The molecule has 0 aliphatic heterocycles. The molecule has 2 rings (SSSR count). The van der Waals surface area contributed by atoms with E-state index in [2.05, 4.69) is 21.1 Å². The van der Waals surface area contributed by atoms with Crippen LogP contribution in [0.4, 0.5) is 0 Å². The summed E-state index contributed by atoms with van der Waals surface area (Å²) < 4.78 is 11.0. The van der Waals surface area contributed by atoms with Gasteiger partial charge in [0.15, 0.2) is 6.61 Å². The average molecular weight is 333 g/mol. The Morgan fingerprint density at radius 2 is 1.88 bits per heavy atom. The first kappa shape index (κ1) is 18.4. The van der Waals surface area contributed by atoms with Gasteiger partial charge in [0.25, 0.3) is 0 Å². The molecule has 0 saturated heterocycles. The standard InChI is InChI=1S/C18H27N3O3/c1-6-21(12-18(4,5)22)10-17-19-16(20-24-17)11-23-15-8-13(2)7-14(3)9-15/h7-9,22H,6,10-12H2,1-5H3. The van der Waals surface area contributed by atoms with Crippen LogP contribution >= 0.6 is 0 Å². The van der Waals surface area contributed by atoms with Crippen LogP contribution < -0.4 is 4.74 Å². The Kier molecular flexibility index (Phi) is 5.96. The van der Waals surface area contributed by atoms with Gasteiger partial charge in [0.1, 0.15) is 5.75 Å². The van der Waals surface area contributed by atoms with Crippen LogP contribution in [0.25, 0.3) is 0 Å². The van der Waals surface area contributed by atoms with E-state index < -0.39 is 5.60 Å². The highest BCUT2D eigenvalue weighted by molar-refractivity contribution is 5.32. The third kappa shape index (κ3) is 5.94. The Morgan fingerprint density at radius 1 is 1.21 bits per heavy atom. The third-order valence-corrected chi connectivity index (χ3v) is 3.49. The lowest BCUT2D eigenvalue weighted by atomic mass is 10.1. The SMILES string of the molecule is CCN(Cc1nc(COc2cc(C)cc(C)c2)no1)CC(C)(C)O. The van der Waals surface area contributed by atoms with E-state index in [-0.39, 0.29) is 6.61 Å². The van der Waals surface area contributed by atoms with Crippen molar-refractivity contribution < 1.29 is 14.4 Å². The molecule has 132 valence electrons. The van der Waals surface area contributed by atoms with Crippen LogP contribution in [0.1, 0.15) is 43.6 Å². The van der Waals surface area contributed by atoms with E-state index in [1.807, 2.05) is 32.9 Å². The topological polar surface area (TPSA) is 71.6 Å². The van der Waals surface area contributed by atoms with Gasteiger partial charge in [-0.15, -0.1) is 0 Å². The van der Waals surface area contributed by atoms with Gasteiger partial charge >= 0.3 is 0 Å². The van der Waals surface area contributed by atoms with Gasteiger partial charge in [-0.1, -0.05) is 18.1 Å². The largest absolute Gasteiger partial charge is 0.485 e. The smallest absolute Gasteiger partial charge is 0.240 e. The summed E-state index contributed by atoms with van der Waals surface area (Å²) in [6.45, 7) is 11.8. The Balaban J connectivity index is 1.92. The average Bonchev–Trinajstić information content (AvgIpc) is 2.89. The first-order chi connectivity index (χ1) is 11.2. The van der Waals surface area contributed by atoms with Gasteiger partial charge in [-0.05, 0) is 57.5 Å². The lowest BCUT2D eigenvalue weighted by Crippen LogP contribution is -2.38. The van der Waals surface area contributed by atoms with Crippen LogP contribution in [-0.2, 0) is 13.2 Å². The molecular weight excluding hydrogens is 306 g/mol. The molecule has 0 amide bonds. The van der Waals surface area contributed by atoms with E-state index in [9.17, 15) is 5.11 Å². The van der Waals surface area contributed by atoms with E-state index in [1.54, 1.807) is 13.8 Å². The van der Waals surface area contributed by atoms with Gasteiger partial charge in [-0.25, -0.2) is 0 Å². The monoisotopic (exact) mass is 333 g/mol. The molecular formula is C18H27N3O3. The molecule has 6 heteroatoms. The number of hydrogen-bond donors (Lipinski definition) is 1. The summed E-state index contributed by atoms with van der Waals surface area (Å²) in [5.41, 5.74) is 1.55. The van der Waals surface area contributed by atoms with Crippen molar-refractivity contribution in [2.45, 2.75) is 53.4 Å². The summed E-state index contributed by atoms with van der Waals surface area (Å²) in [6.07, 6.45) is 0. The van der Waals surface area contributed by atoms with Gasteiger partial charge in [0, 0.05) is 6.54 Å². The summed E-state index contributed by atoms with van der Waals surface area (Å²) in [5.74, 6) is 1.85. The molecule has 0 saturated carbocycles. The zero-order chi connectivity index (χ0) is 17.7. The first-order valence-corrected chi connectivity index (χ1v) is 8.22. The lowest BCUT2D eigenvalue weighted by molar-refractivity contribution is 0.0322. The van der Waals surface area contributed by atoms with E-state index in [0.29, 0.717) is 24.8 Å². The van der Waals surface area contributed by atoms with Gasteiger partial charge in [-0.3, -0.25) is 4.90 Å². The van der Waals surface area contributed by atoms with E-state index in [1.165, 1.54) is 0 Å². The fourth-order valence-electron chi connectivity index (χ4n) is 2.60. The van der Waals surface area contributed by atoms with Gasteiger partial charge < -0.3 is 14.4 Å². The summed E-state index contributed by atoms with van der Waals surface area (Å²) in [5, 5.41) is 13.9. The number of aryl methyl sites for hydroxylation is 2. The van der Waals surface area contributed by atoms with Crippen molar-refractivity contribution >= 4 is 0 Å². The van der Waals surface area contributed by atoms with Crippen molar-refractivity contribution in [3.8, 4) is 5.75 Å². The second kappa shape index (κ2) is 7.77. The number of hydrogen-bond acceptors (Lipinski definition) is 6. The van der Waals surface area contributed by atoms with Crippen LogP contribution in [0.15, 0.2) is 22.7 Å². The summed E-state index contributed by atoms with van der Waals surface area (Å²) >= 11 is 0. The van der Waals surface area contributed by atoms with Crippen LogP contribution in [0.3, 0.4) is 0 Å². The molecule has 0 aliphatic carbocycles. The Bertz CT molecular complexity index is 642. The summed E-state index contributed by atoms with van der Waals surface area (Å²) in [4.78, 5) is 6.42. The second-order valence-corrected chi connectivity index (χ2v) is 6.83. The molecule has 0 bridgehead atoms. The summed E-state index contributed by atoms with van der Waals surface area (Å²) in [6, 6.07) is 6.06. The predicted octanol–water partition coefficient (Wildman–Crippen LogP) is 2.86. The molecule has 1 aromatic carbocycles. The maximum atomic E-state index is 9.93. The first-order valence-electron chi connectivity index (χ1n) is 8.22. The number of aliphatic hydroxyl groups is 1. The molecule has 0 fully saturated rings. The molecule has 1 aromatic heterocycles. The Hall–Kier alpha value is -1.92. The molecule has 0 atom stereocenters. The minimum absolute atomic E-state index is 0.268. The minimum Gasteiger partial charge on any atom is -0.485 e. The predicted molar refractivity (Wildman–Crippen MR) is 91.8 cm³/mol. The number of rotatable bonds is 8. The van der Waals surface area contributed by atoms with Gasteiger partial charge in [0.2, 0.25) is 11.7 Å². The minimum atomic E-state index is -0.759. The second-order valence-electron chi connectivity index (χ2n) is 6.83. The Labute approximate surface area is 143 Å². The molecule has 24 heavy (non-hydrogen) atoms. The van der Waals surface area contributed by atoms with Crippen molar-refractivity contribution in [2.24, 2.45) is 0 Å². The fraction of sp³-hybridized carbons (Fsp3) is 0.556. The molecule has 0 aliphatic rings. The molecule has 0 radical (unpaired) electrons. The highest BCUT2D eigenvalue weighted by Crippen LogP contribution is 2.17. The van der Waals surface area contributed by atoms with Crippen molar-refractivity contribution in [3.63, 3.8) is 0 Å². The fourth-order valence-corrected chi connectivity index (χ4v) is 2.60. The number of nitrogens with zero attached hydrogens (tertiary/aromatic N) is 3. The lowest BCUT2D eigenvalue weighted by Gasteiger charge is -2.26. The number of aromatic nitrogens is 2. The van der Waals surface area contributed by atoms with E-state index in [4.69, 9.17) is 9.26 Å². The molecule has 6 nitrogen and oxygen atoms in total. The molecule has 0 unspecified atom stereocenters. The van der Waals surface area contributed by atoms with Gasteiger partial charge in [-0.2, -0.15) is 4.98 Å². The van der Waals surface area contributed by atoms with Crippen LogP contribution in [0, 0.1) is 13.8 Å². The zero-order valence-electron chi connectivity index (χ0n) is 15.2. The molecule has 2 aromatic rings. The number of benzene rings is 1. The number of likely N-dealkylation sites (N-methyl/N-ethyl adjacent to an activating group) is 1. The van der Waals surface area contributed by atoms with E-state index in [0.717, 1.165) is 23.4 Å². The Morgan fingerprint density at radius 3 is 2.46 bits per heavy atom. The molecule has 1 N–H and O–H groups in total. The molecule has 0 spiro atoms. The van der Waals surface area contributed by atoms with E-state index >= 15 is 0 Å². The van der Waals surface area contributed by atoms with Crippen molar-refractivity contribution in [3.05, 3.63) is 41.0 Å². The van der Waals surface area contributed by atoms with Crippen LogP contribution in [0.5, 0.6) is 5.75 Å². The van der Waals surface area contributed by atoms with Crippen molar-refractivity contribution in [1.82, 2.24) is 15.0 Å². The van der Waals surface area contributed by atoms with Crippen molar-refractivity contribution in [2.75, 3.05) is 13.1 Å². The zero-order valence-corrected chi connectivity index (χ0v) is 15.2. The highest BCUT2D eigenvalue weighted by atomic mass is 16.5. The number of ether oxygens (including phenoxy) is 1. The van der Waals surface area contributed by atoms with Crippen molar-refractivity contribution in [1.29, 1.82) is 0 Å². The molecule has 1 heterocycles. The highest BCUT2D eigenvalue weighted by Gasteiger charge is 2.19. The normalized spacial score (nSPS) is 12.0. The van der Waals surface area contributed by atoms with Crippen LogP contribution in [0.2, 0.25) is 0 Å².